The lowest BCUT2D eigenvalue weighted by atomic mass is 9.94. The molecule has 0 atom stereocenters. The molecule has 0 bridgehead atoms. The van der Waals surface area contributed by atoms with Crippen LogP contribution in [-0.2, 0) is 0 Å². The molecule has 0 aliphatic rings. The van der Waals surface area contributed by atoms with Crippen molar-refractivity contribution in [1.29, 1.82) is 0 Å². The van der Waals surface area contributed by atoms with Gasteiger partial charge < -0.3 is 4.90 Å². The molecule has 0 N–H and O–H groups in total. The van der Waals surface area contributed by atoms with E-state index in [2.05, 4.69) is 217 Å². The van der Waals surface area contributed by atoms with Crippen molar-refractivity contribution in [3.05, 3.63) is 212 Å². The molecule has 0 amide bonds. The van der Waals surface area contributed by atoms with E-state index in [-0.39, 0.29) is 0 Å². The van der Waals surface area contributed by atoms with E-state index in [1.807, 2.05) is 0 Å². The van der Waals surface area contributed by atoms with E-state index < -0.39 is 0 Å². The van der Waals surface area contributed by atoms with E-state index in [9.17, 15) is 0 Å². The number of rotatable bonds is 7. The molecule has 0 fully saturated rings. The molecule has 0 radical (unpaired) electrons. The van der Waals surface area contributed by atoms with Crippen LogP contribution < -0.4 is 4.90 Å². The molecule has 0 aliphatic heterocycles. The average molecular weight is 650 g/mol. The lowest BCUT2D eigenvalue weighted by Crippen LogP contribution is -2.11. The Hall–Kier alpha value is -6.70. The van der Waals surface area contributed by atoms with Crippen molar-refractivity contribution in [2.45, 2.75) is 0 Å². The molecule has 0 spiro atoms. The Morgan fingerprint density at radius 3 is 1.63 bits per heavy atom. The van der Waals surface area contributed by atoms with E-state index in [0.29, 0.717) is 0 Å². The van der Waals surface area contributed by atoms with Crippen LogP contribution in [0.2, 0.25) is 0 Å². The second kappa shape index (κ2) is 13.3. The van der Waals surface area contributed by atoms with Gasteiger partial charge in [0.25, 0.3) is 0 Å². The van der Waals surface area contributed by atoms with E-state index in [1.54, 1.807) is 0 Å². The number of hydrogen-bond donors (Lipinski definition) is 0. The predicted octanol–water partition coefficient (Wildman–Crippen LogP) is 14.1. The Labute approximate surface area is 299 Å². The maximum Gasteiger partial charge on any atom is 0.0546 e. The SMILES string of the molecule is c1ccc(-c2ccc(-c3ccc4ccccc4c3)cc2N(c2ccccc2)c2ccc(-c3cccc(-c4cccc5ccccc45)c3)cc2)cc1. The summed E-state index contributed by atoms with van der Waals surface area (Å²) in [5.41, 5.74) is 12.9. The van der Waals surface area contributed by atoms with Crippen LogP contribution in [0.4, 0.5) is 17.1 Å². The van der Waals surface area contributed by atoms with Gasteiger partial charge in [0.15, 0.2) is 0 Å². The van der Waals surface area contributed by atoms with Gasteiger partial charge in [-0.3, -0.25) is 0 Å². The topological polar surface area (TPSA) is 3.24 Å². The van der Waals surface area contributed by atoms with Crippen molar-refractivity contribution in [2.75, 3.05) is 4.90 Å². The van der Waals surface area contributed by atoms with Gasteiger partial charge in [0.05, 0.1) is 5.69 Å². The highest BCUT2D eigenvalue weighted by Gasteiger charge is 2.19. The Balaban J connectivity index is 1.16. The molecule has 1 heteroatoms. The van der Waals surface area contributed by atoms with Crippen molar-refractivity contribution >= 4 is 38.6 Å². The second-order valence-electron chi connectivity index (χ2n) is 13.0. The highest BCUT2D eigenvalue weighted by molar-refractivity contribution is 5.97. The Morgan fingerprint density at radius 1 is 0.255 bits per heavy atom. The first-order valence-corrected chi connectivity index (χ1v) is 17.5. The van der Waals surface area contributed by atoms with Crippen LogP contribution >= 0.6 is 0 Å². The maximum absolute atomic E-state index is 2.39. The lowest BCUT2D eigenvalue weighted by molar-refractivity contribution is 1.28. The molecule has 0 saturated carbocycles. The number of para-hydroxylation sites is 1. The van der Waals surface area contributed by atoms with Crippen LogP contribution in [0, 0.1) is 0 Å². The number of nitrogens with zero attached hydrogens (tertiary/aromatic N) is 1. The molecule has 9 aromatic rings. The van der Waals surface area contributed by atoms with Gasteiger partial charge in [0.2, 0.25) is 0 Å². The van der Waals surface area contributed by atoms with Crippen LogP contribution in [0.5, 0.6) is 0 Å². The standard InChI is InChI=1S/C50H35N/c1-3-14-39(15-4-1)49-32-29-43(42-26-25-36-13-7-8-17-40(36)33-42)35-50(49)51(45-21-5-2-6-22-45)46-30-27-37(28-31-46)41-19-11-20-44(34-41)48-24-12-18-38-16-9-10-23-47(38)48/h1-35H. The van der Waals surface area contributed by atoms with E-state index in [4.69, 9.17) is 0 Å². The van der Waals surface area contributed by atoms with Crippen LogP contribution in [0.15, 0.2) is 212 Å². The molecule has 9 aromatic carbocycles. The summed E-state index contributed by atoms with van der Waals surface area (Å²) in [5, 5.41) is 5.01. The minimum Gasteiger partial charge on any atom is -0.310 e. The fraction of sp³-hybridized carbons (Fsp3) is 0. The molecule has 0 aromatic heterocycles. The Bertz CT molecular complexity index is 2620. The third kappa shape index (κ3) is 5.96. The van der Waals surface area contributed by atoms with E-state index >= 15 is 0 Å². The van der Waals surface area contributed by atoms with Crippen LogP contribution in [0.1, 0.15) is 0 Å². The largest absolute Gasteiger partial charge is 0.310 e. The van der Waals surface area contributed by atoms with Gasteiger partial charge >= 0.3 is 0 Å². The van der Waals surface area contributed by atoms with Crippen molar-refractivity contribution in [3.8, 4) is 44.5 Å². The molecule has 0 unspecified atom stereocenters. The van der Waals surface area contributed by atoms with Gasteiger partial charge in [-0.05, 0) is 103 Å². The van der Waals surface area contributed by atoms with Gasteiger partial charge in [-0.1, -0.05) is 170 Å². The molecule has 0 aliphatic carbocycles. The zero-order valence-electron chi connectivity index (χ0n) is 28.2. The van der Waals surface area contributed by atoms with Crippen LogP contribution in [-0.4, -0.2) is 0 Å². The van der Waals surface area contributed by atoms with Gasteiger partial charge in [0.1, 0.15) is 0 Å². The smallest absolute Gasteiger partial charge is 0.0546 e. The van der Waals surface area contributed by atoms with Crippen LogP contribution in [0.25, 0.3) is 66.1 Å². The highest BCUT2D eigenvalue weighted by Crippen LogP contribution is 2.43. The molecular formula is C50H35N. The Morgan fingerprint density at radius 2 is 0.804 bits per heavy atom. The molecule has 0 saturated heterocycles. The molecule has 51 heavy (non-hydrogen) atoms. The molecule has 240 valence electrons. The minimum atomic E-state index is 1.10. The highest BCUT2D eigenvalue weighted by atomic mass is 15.1. The van der Waals surface area contributed by atoms with Crippen molar-refractivity contribution in [2.24, 2.45) is 0 Å². The van der Waals surface area contributed by atoms with Gasteiger partial charge in [0, 0.05) is 16.9 Å². The summed E-state index contributed by atoms with van der Waals surface area (Å²) >= 11 is 0. The summed E-state index contributed by atoms with van der Waals surface area (Å²) < 4.78 is 0. The predicted molar refractivity (Wildman–Crippen MR) is 218 cm³/mol. The summed E-state index contributed by atoms with van der Waals surface area (Å²) in [6.45, 7) is 0. The average Bonchev–Trinajstić information content (AvgIpc) is 3.21. The summed E-state index contributed by atoms with van der Waals surface area (Å²) in [6.07, 6.45) is 0. The molecule has 0 heterocycles. The Kier molecular flexibility index (Phi) is 7.92. The quantitative estimate of drug-likeness (QED) is 0.166. The fourth-order valence-corrected chi connectivity index (χ4v) is 7.28. The van der Waals surface area contributed by atoms with Gasteiger partial charge in [-0.2, -0.15) is 0 Å². The first-order chi connectivity index (χ1) is 25.3. The summed E-state index contributed by atoms with van der Waals surface area (Å²) in [7, 11) is 0. The summed E-state index contributed by atoms with van der Waals surface area (Å²) in [6, 6.07) is 76.7. The summed E-state index contributed by atoms with van der Waals surface area (Å²) in [4.78, 5) is 2.39. The molecule has 9 rings (SSSR count). The fourth-order valence-electron chi connectivity index (χ4n) is 7.28. The first-order valence-electron chi connectivity index (χ1n) is 17.5. The minimum absolute atomic E-state index is 1.10. The number of anilines is 3. The number of benzene rings is 9. The number of fused-ring (bicyclic) bond motifs is 2. The van der Waals surface area contributed by atoms with E-state index in [1.165, 1.54) is 66.1 Å². The third-order valence-corrected chi connectivity index (χ3v) is 9.84. The van der Waals surface area contributed by atoms with Gasteiger partial charge in [-0.15, -0.1) is 0 Å². The lowest BCUT2D eigenvalue weighted by Gasteiger charge is -2.29. The van der Waals surface area contributed by atoms with Crippen molar-refractivity contribution in [3.63, 3.8) is 0 Å². The van der Waals surface area contributed by atoms with Crippen LogP contribution in [0.3, 0.4) is 0 Å². The zero-order valence-corrected chi connectivity index (χ0v) is 28.2. The second-order valence-corrected chi connectivity index (χ2v) is 13.0. The number of hydrogen-bond acceptors (Lipinski definition) is 1. The normalized spacial score (nSPS) is 11.1. The molecular weight excluding hydrogens is 615 g/mol. The van der Waals surface area contributed by atoms with Crippen molar-refractivity contribution in [1.82, 2.24) is 0 Å². The van der Waals surface area contributed by atoms with Gasteiger partial charge in [-0.25, -0.2) is 0 Å². The zero-order chi connectivity index (χ0) is 34.0. The third-order valence-electron chi connectivity index (χ3n) is 9.84. The van der Waals surface area contributed by atoms with Crippen molar-refractivity contribution < 1.29 is 0 Å². The monoisotopic (exact) mass is 649 g/mol. The van der Waals surface area contributed by atoms with E-state index in [0.717, 1.165) is 17.1 Å². The first kappa shape index (κ1) is 30.4. The molecule has 1 nitrogen and oxygen atoms in total. The maximum atomic E-state index is 2.39. The summed E-state index contributed by atoms with van der Waals surface area (Å²) in [5.74, 6) is 0.